The Hall–Kier alpha value is -1.68. The molecule has 0 radical (unpaired) electrons. The largest absolute Gasteiger partial charge is 0.400 e. The van der Waals surface area contributed by atoms with E-state index in [9.17, 15) is 9.59 Å². The van der Waals surface area contributed by atoms with Gasteiger partial charge in [-0.1, -0.05) is 37.3 Å². The van der Waals surface area contributed by atoms with Crippen LogP contribution in [-0.2, 0) is 16.0 Å². The van der Waals surface area contributed by atoms with E-state index in [1.54, 1.807) is 4.90 Å². The summed E-state index contributed by atoms with van der Waals surface area (Å²) in [5.74, 6) is 0.0971. The van der Waals surface area contributed by atoms with Gasteiger partial charge in [0.2, 0.25) is 5.91 Å². The first-order valence-electron chi connectivity index (χ1n) is 6.48. The molecule has 0 fully saturated rings. The Balaban J connectivity index is 0.00000154. The molecular weight excluding hydrogens is 242 g/mol. The molecule has 0 saturated heterocycles. The molecule has 4 nitrogen and oxygen atoms in total. The summed E-state index contributed by atoms with van der Waals surface area (Å²) in [6.45, 7) is 3.28. The van der Waals surface area contributed by atoms with E-state index < -0.39 is 0 Å². The Kier molecular flexibility index (Phi) is 10.4. The van der Waals surface area contributed by atoms with Crippen LogP contribution in [0.4, 0.5) is 0 Å². The molecule has 1 aromatic rings. The molecule has 0 aliphatic rings. The highest BCUT2D eigenvalue weighted by Crippen LogP contribution is 2.04. The van der Waals surface area contributed by atoms with Crippen LogP contribution >= 0.6 is 0 Å². The van der Waals surface area contributed by atoms with Crippen LogP contribution in [0.3, 0.4) is 0 Å². The normalized spacial score (nSPS) is 9.21. The lowest BCUT2D eigenvalue weighted by Gasteiger charge is -2.21. The van der Waals surface area contributed by atoms with Crippen molar-refractivity contribution in [1.29, 1.82) is 0 Å². The molecule has 1 aromatic carbocycles. The van der Waals surface area contributed by atoms with Crippen molar-refractivity contribution in [1.82, 2.24) is 4.90 Å². The van der Waals surface area contributed by atoms with Gasteiger partial charge in [0, 0.05) is 26.6 Å². The maximum absolute atomic E-state index is 12.0. The van der Waals surface area contributed by atoms with Crippen LogP contribution in [-0.4, -0.2) is 42.4 Å². The summed E-state index contributed by atoms with van der Waals surface area (Å²) < 4.78 is 0. The average molecular weight is 265 g/mol. The monoisotopic (exact) mass is 265 g/mol. The summed E-state index contributed by atoms with van der Waals surface area (Å²) in [6.07, 6.45) is 2.61. The highest BCUT2D eigenvalue weighted by molar-refractivity contribution is 5.79. The van der Waals surface area contributed by atoms with E-state index in [2.05, 4.69) is 0 Å². The van der Waals surface area contributed by atoms with Crippen LogP contribution in [0.5, 0.6) is 0 Å². The van der Waals surface area contributed by atoms with E-state index in [4.69, 9.17) is 5.11 Å². The first-order valence-corrected chi connectivity index (χ1v) is 6.48. The van der Waals surface area contributed by atoms with Crippen molar-refractivity contribution in [2.75, 3.05) is 20.2 Å². The number of nitrogens with zero attached hydrogens (tertiary/aromatic N) is 1. The third-order valence-corrected chi connectivity index (χ3v) is 2.56. The molecule has 1 N–H and O–H groups in total. The number of carbonyl (C=O) groups is 2. The number of hydrogen-bond donors (Lipinski definition) is 1. The fourth-order valence-corrected chi connectivity index (χ4v) is 1.72. The van der Waals surface area contributed by atoms with Gasteiger partial charge >= 0.3 is 0 Å². The summed E-state index contributed by atoms with van der Waals surface area (Å²) in [6, 6.07) is 9.68. The second kappa shape index (κ2) is 11.4. The summed E-state index contributed by atoms with van der Waals surface area (Å²) in [7, 11) is 1.00. The fraction of sp³-hybridized carbons (Fsp3) is 0.467. The predicted octanol–water partition coefficient (Wildman–Crippen LogP) is 1.67. The van der Waals surface area contributed by atoms with Crippen LogP contribution in [0.1, 0.15) is 25.3 Å². The van der Waals surface area contributed by atoms with Gasteiger partial charge in [-0.05, 0) is 12.0 Å². The minimum absolute atomic E-state index is 0.0971. The van der Waals surface area contributed by atoms with Crippen LogP contribution in [0, 0.1) is 0 Å². The van der Waals surface area contributed by atoms with Gasteiger partial charge < -0.3 is 14.8 Å². The molecule has 0 bridgehead atoms. The van der Waals surface area contributed by atoms with Crippen molar-refractivity contribution >= 4 is 12.2 Å². The number of aldehydes is 1. The molecule has 0 unspecified atom stereocenters. The van der Waals surface area contributed by atoms with Crippen molar-refractivity contribution in [3.63, 3.8) is 0 Å². The number of amides is 1. The zero-order valence-corrected chi connectivity index (χ0v) is 11.7. The van der Waals surface area contributed by atoms with E-state index in [1.165, 1.54) is 0 Å². The minimum Gasteiger partial charge on any atom is -0.400 e. The average Bonchev–Trinajstić information content (AvgIpc) is 2.46. The molecule has 106 valence electrons. The van der Waals surface area contributed by atoms with Gasteiger partial charge in [0.1, 0.15) is 6.29 Å². The third kappa shape index (κ3) is 7.36. The SMILES string of the molecule is CCCN(CCC=O)C(=O)Cc1ccccc1.CO. The lowest BCUT2D eigenvalue weighted by molar-refractivity contribution is -0.130. The van der Waals surface area contributed by atoms with Gasteiger partial charge in [0.15, 0.2) is 0 Å². The van der Waals surface area contributed by atoms with Gasteiger partial charge in [0.25, 0.3) is 0 Å². The number of hydrogen-bond acceptors (Lipinski definition) is 3. The number of aliphatic hydroxyl groups excluding tert-OH is 1. The first-order chi connectivity index (χ1) is 9.27. The second-order valence-electron chi connectivity index (χ2n) is 4.00. The van der Waals surface area contributed by atoms with Crippen molar-refractivity contribution in [3.05, 3.63) is 35.9 Å². The standard InChI is InChI=1S/C14H19NO2.CH4O/c1-2-9-15(10-6-11-16)14(17)12-13-7-4-3-5-8-13;1-2/h3-5,7-8,11H,2,6,9-10,12H2,1H3;2H,1H3. The Bertz CT molecular complexity index is 352. The quantitative estimate of drug-likeness (QED) is 0.763. The van der Waals surface area contributed by atoms with Crippen molar-refractivity contribution in [2.45, 2.75) is 26.2 Å². The maximum atomic E-state index is 12.0. The minimum atomic E-state index is 0.0971. The van der Waals surface area contributed by atoms with Crippen molar-refractivity contribution in [3.8, 4) is 0 Å². The van der Waals surface area contributed by atoms with Crippen LogP contribution in [0.25, 0.3) is 0 Å². The number of carbonyl (C=O) groups excluding carboxylic acids is 2. The van der Waals surface area contributed by atoms with Gasteiger partial charge in [-0.2, -0.15) is 0 Å². The maximum Gasteiger partial charge on any atom is 0.227 e. The summed E-state index contributed by atoms with van der Waals surface area (Å²) in [5.41, 5.74) is 1.02. The van der Waals surface area contributed by atoms with Crippen molar-refractivity contribution < 1.29 is 14.7 Å². The molecule has 19 heavy (non-hydrogen) atoms. The molecule has 1 rings (SSSR count). The summed E-state index contributed by atoms with van der Waals surface area (Å²) >= 11 is 0. The molecule has 0 spiro atoms. The molecule has 4 heteroatoms. The number of rotatable bonds is 7. The highest BCUT2D eigenvalue weighted by Gasteiger charge is 2.12. The molecule has 0 atom stereocenters. The Labute approximate surface area is 115 Å². The number of benzene rings is 1. The Morgan fingerprint density at radius 3 is 2.37 bits per heavy atom. The van der Waals surface area contributed by atoms with E-state index in [1.807, 2.05) is 37.3 Å². The molecule has 0 aliphatic carbocycles. The molecule has 0 aromatic heterocycles. The topological polar surface area (TPSA) is 57.6 Å². The Morgan fingerprint density at radius 2 is 1.84 bits per heavy atom. The van der Waals surface area contributed by atoms with E-state index in [0.29, 0.717) is 19.4 Å². The molecule has 0 heterocycles. The van der Waals surface area contributed by atoms with E-state index in [0.717, 1.165) is 31.9 Å². The van der Waals surface area contributed by atoms with Gasteiger partial charge in [-0.25, -0.2) is 0 Å². The first kappa shape index (κ1) is 17.3. The fourth-order valence-electron chi connectivity index (χ4n) is 1.72. The van der Waals surface area contributed by atoms with Gasteiger partial charge in [-0.3, -0.25) is 4.79 Å². The summed E-state index contributed by atoms with van der Waals surface area (Å²) in [5, 5.41) is 7.00. The smallest absolute Gasteiger partial charge is 0.227 e. The highest BCUT2D eigenvalue weighted by atomic mass is 16.2. The zero-order valence-electron chi connectivity index (χ0n) is 11.7. The van der Waals surface area contributed by atoms with Crippen molar-refractivity contribution in [2.24, 2.45) is 0 Å². The van der Waals surface area contributed by atoms with Gasteiger partial charge in [-0.15, -0.1) is 0 Å². The third-order valence-electron chi connectivity index (χ3n) is 2.56. The van der Waals surface area contributed by atoms with E-state index in [-0.39, 0.29) is 5.91 Å². The zero-order chi connectivity index (χ0) is 14.5. The van der Waals surface area contributed by atoms with Crippen LogP contribution in [0.2, 0.25) is 0 Å². The predicted molar refractivity (Wildman–Crippen MR) is 75.8 cm³/mol. The molecular formula is C15H23NO3. The van der Waals surface area contributed by atoms with Crippen LogP contribution in [0.15, 0.2) is 30.3 Å². The molecule has 0 aliphatic heterocycles. The second-order valence-corrected chi connectivity index (χ2v) is 4.00. The molecule has 1 amide bonds. The summed E-state index contributed by atoms with van der Waals surface area (Å²) in [4.78, 5) is 24.1. The van der Waals surface area contributed by atoms with Crippen LogP contribution < -0.4 is 0 Å². The molecule has 0 saturated carbocycles. The van der Waals surface area contributed by atoms with Gasteiger partial charge in [0.05, 0.1) is 6.42 Å². The number of aliphatic hydroxyl groups is 1. The van der Waals surface area contributed by atoms with E-state index >= 15 is 0 Å². The lowest BCUT2D eigenvalue weighted by Crippen LogP contribution is -2.34. The Morgan fingerprint density at radius 1 is 1.21 bits per heavy atom. The lowest BCUT2D eigenvalue weighted by atomic mass is 10.1.